The summed E-state index contributed by atoms with van der Waals surface area (Å²) < 4.78 is 18.2. The maximum absolute atomic E-state index is 6.50. The lowest BCUT2D eigenvalue weighted by atomic mass is 10.1. The minimum atomic E-state index is -0.191. The lowest BCUT2D eigenvalue weighted by Crippen LogP contribution is -2.36. The predicted octanol–water partition coefficient (Wildman–Crippen LogP) is 6.02. The Kier molecular flexibility index (Phi) is 10.4. The van der Waals surface area contributed by atoms with Gasteiger partial charge in [-0.2, -0.15) is 0 Å². The summed E-state index contributed by atoms with van der Waals surface area (Å²) in [6.45, 7) is 9.39. The van der Waals surface area contributed by atoms with Gasteiger partial charge in [0.25, 0.3) is 0 Å². The minimum absolute atomic E-state index is 0.0681. The van der Waals surface area contributed by atoms with Crippen molar-refractivity contribution in [3.05, 3.63) is 83.9 Å². The standard InChI is InChI=1S/C26H34O3/c1-5-27-21(3)25(19-17-23-13-9-7-10-14-23)29-26(22(4)28-6-2)20-18-24-15-11-8-12-16-24/h7-22,25-26H,5-6H2,1-4H3. The van der Waals surface area contributed by atoms with Crippen LogP contribution >= 0.6 is 0 Å². The van der Waals surface area contributed by atoms with Crippen LogP contribution in [0.3, 0.4) is 0 Å². The zero-order chi connectivity index (χ0) is 20.9. The SMILES string of the molecule is CCOC(C)C(C=Cc1ccccc1)OC(C=Cc1ccccc1)C(C)OCC. The summed E-state index contributed by atoms with van der Waals surface area (Å²) in [4.78, 5) is 0. The zero-order valence-electron chi connectivity index (χ0n) is 18.0. The number of hydrogen-bond donors (Lipinski definition) is 0. The number of hydrogen-bond acceptors (Lipinski definition) is 3. The topological polar surface area (TPSA) is 27.7 Å². The maximum Gasteiger partial charge on any atom is 0.103 e. The summed E-state index contributed by atoms with van der Waals surface area (Å²) in [5.41, 5.74) is 2.28. The number of ether oxygens (including phenoxy) is 3. The molecule has 2 aromatic carbocycles. The van der Waals surface area contributed by atoms with Gasteiger partial charge in [-0.05, 0) is 38.8 Å². The Balaban J connectivity index is 2.20. The quantitative estimate of drug-likeness (QED) is 0.441. The predicted molar refractivity (Wildman–Crippen MR) is 122 cm³/mol. The number of rotatable bonds is 12. The summed E-state index contributed by atoms with van der Waals surface area (Å²) in [5, 5.41) is 0. The molecule has 0 aliphatic heterocycles. The van der Waals surface area contributed by atoms with Crippen molar-refractivity contribution in [3.63, 3.8) is 0 Å². The molecular formula is C26H34O3. The highest BCUT2D eigenvalue weighted by molar-refractivity contribution is 5.50. The van der Waals surface area contributed by atoms with Crippen LogP contribution in [0, 0.1) is 0 Å². The molecule has 4 unspecified atom stereocenters. The van der Waals surface area contributed by atoms with E-state index in [-0.39, 0.29) is 24.4 Å². The van der Waals surface area contributed by atoms with Crippen molar-refractivity contribution in [1.29, 1.82) is 0 Å². The molecule has 0 aliphatic carbocycles. The van der Waals surface area contributed by atoms with E-state index >= 15 is 0 Å². The highest BCUT2D eigenvalue weighted by Crippen LogP contribution is 2.17. The van der Waals surface area contributed by atoms with Gasteiger partial charge in [0.15, 0.2) is 0 Å². The summed E-state index contributed by atoms with van der Waals surface area (Å²) in [6, 6.07) is 20.5. The van der Waals surface area contributed by atoms with Crippen LogP contribution in [-0.4, -0.2) is 37.6 Å². The van der Waals surface area contributed by atoms with Crippen LogP contribution < -0.4 is 0 Å². The fourth-order valence-corrected chi connectivity index (χ4v) is 3.06. The second kappa shape index (κ2) is 13.1. The summed E-state index contributed by atoms with van der Waals surface area (Å²) in [7, 11) is 0. The third kappa shape index (κ3) is 8.36. The van der Waals surface area contributed by atoms with Crippen molar-refractivity contribution < 1.29 is 14.2 Å². The third-order valence-electron chi connectivity index (χ3n) is 4.65. The highest BCUT2D eigenvalue weighted by atomic mass is 16.6. The molecule has 0 N–H and O–H groups in total. The van der Waals surface area contributed by atoms with Gasteiger partial charge in [0.05, 0.1) is 12.2 Å². The van der Waals surface area contributed by atoms with E-state index in [0.717, 1.165) is 11.1 Å². The molecular weight excluding hydrogens is 360 g/mol. The summed E-state index contributed by atoms with van der Waals surface area (Å²) in [5.74, 6) is 0. The second-order valence-corrected chi connectivity index (χ2v) is 6.93. The summed E-state index contributed by atoms with van der Waals surface area (Å²) in [6.07, 6.45) is 7.82. The molecule has 0 saturated carbocycles. The van der Waals surface area contributed by atoms with Gasteiger partial charge in [0.1, 0.15) is 12.2 Å². The molecule has 4 atom stereocenters. The van der Waals surface area contributed by atoms with Crippen molar-refractivity contribution in [2.45, 2.75) is 52.1 Å². The van der Waals surface area contributed by atoms with Gasteiger partial charge in [0, 0.05) is 13.2 Å². The lowest BCUT2D eigenvalue weighted by molar-refractivity contribution is -0.0994. The van der Waals surface area contributed by atoms with E-state index in [2.05, 4.69) is 48.6 Å². The van der Waals surface area contributed by atoms with Gasteiger partial charge in [-0.1, -0.05) is 85.0 Å². The van der Waals surface area contributed by atoms with Crippen LogP contribution in [0.4, 0.5) is 0 Å². The molecule has 0 radical (unpaired) electrons. The molecule has 0 amide bonds. The molecule has 0 saturated heterocycles. The second-order valence-electron chi connectivity index (χ2n) is 6.93. The molecule has 0 heterocycles. The van der Waals surface area contributed by atoms with Gasteiger partial charge < -0.3 is 14.2 Å². The van der Waals surface area contributed by atoms with E-state index < -0.39 is 0 Å². The van der Waals surface area contributed by atoms with E-state index in [1.807, 2.05) is 64.1 Å². The van der Waals surface area contributed by atoms with Gasteiger partial charge in [-0.15, -0.1) is 0 Å². The molecule has 2 rings (SSSR count). The first-order valence-electron chi connectivity index (χ1n) is 10.5. The van der Waals surface area contributed by atoms with Crippen molar-refractivity contribution in [2.75, 3.05) is 13.2 Å². The normalized spacial score (nSPS) is 16.1. The van der Waals surface area contributed by atoms with Gasteiger partial charge in [-0.3, -0.25) is 0 Å². The Morgan fingerprint density at radius 2 is 1.03 bits per heavy atom. The lowest BCUT2D eigenvalue weighted by Gasteiger charge is -2.29. The van der Waals surface area contributed by atoms with Gasteiger partial charge >= 0.3 is 0 Å². The molecule has 29 heavy (non-hydrogen) atoms. The van der Waals surface area contributed by atoms with Crippen molar-refractivity contribution in [1.82, 2.24) is 0 Å². The van der Waals surface area contributed by atoms with E-state index in [9.17, 15) is 0 Å². The number of benzene rings is 2. The van der Waals surface area contributed by atoms with Crippen LogP contribution in [0.25, 0.3) is 12.2 Å². The van der Waals surface area contributed by atoms with Crippen LogP contribution in [0.5, 0.6) is 0 Å². The Bertz CT molecular complexity index is 661. The molecule has 0 aliphatic rings. The summed E-state index contributed by atoms with van der Waals surface area (Å²) >= 11 is 0. The fraction of sp³-hybridized carbons (Fsp3) is 0.385. The Labute approximate surface area is 176 Å². The van der Waals surface area contributed by atoms with E-state index in [1.165, 1.54) is 0 Å². The van der Waals surface area contributed by atoms with Crippen molar-refractivity contribution in [3.8, 4) is 0 Å². The Morgan fingerprint density at radius 3 is 1.38 bits per heavy atom. The fourth-order valence-electron chi connectivity index (χ4n) is 3.06. The molecule has 0 aromatic heterocycles. The van der Waals surface area contributed by atoms with Crippen LogP contribution in [0.15, 0.2) is 72.8 Å². The molecule has 0 bridgehead atoms. The highest BCUT2D eigenvalue weighted by Gasteiger charge is 2.23. The van der Waals surface area contributed by atoms with E-state index in [4.69, 9.17) is 14.2 Å². The first-order chi connectivity index (χ1) is 14.1. The largest absolute Gasteiger partial charge is 0.376 e. The van der Waals surface area contributed by atoms with Crippen molar-refractivity contribution >= 4 is 12.2 Å². The molecule has 0 spiro atoms. The van der Waals surface area contributed by atoms with E-state index in [1.54, 1.807) is 0 Å². The average Bonchev–Trinajstić information content (AvgIpc) is 2.75. The van der Waals surface area contributed by atoms with E-state index in [0.29, 0.717) is 13.2 Å². The monoisotopic (exact) mass is 394 g/mol. The average molecular weight is 395 g/mol. The molecule has 3 nitrogen and oxygen atoms in total. The minimum Gasteiger partial charge on any atom is -0.376 e. The van der Waals surface area contributed by atoms with Crippen LogP contribution in [0.1, 0.15) is 38.8 Å². The molecule has 156 valence electrons. The first kappa shape index (κ1) is 23.1. The molecule has 3 heteroatoms. The van der Waals surface area contributed by atoms with Crippen LogP contribution in [0.2, 0.25) is 0 Å². The Hall–Kier alpha value is -2.20. The first-order valence-corrected chi connectivity index (χ1v) is 10.5. The van der Waals surface area contributed by atoms with Crippen molar-refractivity contribution in [2.24, 2.45) is 0 Å². The smallest absolute Gasteiger partial charge is 0.103 e. The zero-order valence-corrected chi connectivity index (χ0v) is 18.0. The third-order valence-corrected chi connectivity index (χ3v) is 4.65. The van der Waals surface area contributed by atoms with Gasteiger partial charge in [0.2, 0.25) is 0 Å². The Morgan fingerprint density at radius 1 is 0.655 bits per heavy atom. The molecule has 2 aromatic rings. The van der Waals surface area contributed by atoms with Gasteiger partial charge in [-0.25, -0.2) is 0 Å². The van der Waals surface area contributed by atoms with Crippen LogP contribution in [-0.2, 0) is 14.2 Å². The molecule has 0 fully saturated rings. The maximum atomic E-state index is 6.50.